The molecule has 0 aliphatic carbocycles. The topological polar surface area (TPSA) is 70.4 Å². The molecule has 1 saturated heterocycles. The Labute approximate surface area is 172 Å². The van der Waals surface area contributed by atoms with Crippen LogP contribution in [0.3, 0.4) is 0 Å². The Hall–Kier alpha value is -2.16. The normalized spacial score (nSPS) is 18.5. The van der Waals surface area contributed by atoms with Gasteiger partial charge in [-0.05, 0) is 65.8 Å². The lowest BCUT2D eigenvalue weighted by atomic mass is 9.77. The van der Waals surface area contributed by atoms with Crippen LogP contribution < -0.4 is 5.46 Å². The van der Waals surface area contributed by atoms with Crippen LogP contribution in [0.2, 0.25) is 0 Å². The van der Waals surface area contributed by atoms with E-state index in [1.807, 2.05) is 40.7 Å². The molecule has 0 radical (unpaired) electrons. The summed E-state index contributed by atoms with van der Waals surface area (Å²) in [6, 6.07) is 10.5. The van der Waals surface area contributed by atoms with E-state index < -0.39 is 28.3 Å². The molecule has 0 N–H and O–H groups in total. The average molecular weight is 412 g/mol. The van der Waals surface area contributed by atoms with E-state index in [0.29, 0.717) is 22.2 Å². The Kier molecular flexibility index (Phi) is 4.46. The van der Waals surface area contributed by atoms with Crippen molar-refractivity contribution in [2.24, 2.45) is 0 Å². The molecule has 6 nitrogen and oxygen atoms in total. The van der Waals surface area contributed by atoms with Crippen molar-refractivity contribution in [1.82, 2.24) is 8.96 Å². The van der Waals surface area contributed by atoms with Gasteiger partial charge in [-0.1, -0.05) is 17.7 Å². The maximum absolute atomic E-state index is 13.5. The molecule has 0 saturated carbocycles. The molecule has 0 bridgehead atoms. The summed E-state index contributed by atoms with van der Waals surface area (Å²) < 4.78 is 40.8. The summed E-state index contributed by atoms with van der Waals surface area (Å²) in [4.78, 5) is 4.61. The van der Waals surface area contributed by atoms with Crippen LogP contribution in [0.5, 0.6) is 0 Å². The average Bonchev–Trinajstić information content (AvgIpc) is 3.04. The monoisotopic (exact) mass is 412 g/mol. The molecule has 0 unspecified atom stereocenters. The van der Waals surface area contributed by atoms with E-state index in [4.69, 9.17) is 9.31 Å². The highest BCUT2D eigenvalue weighted by molar-refractivity contribution is 7.90. The number of aryl methyl sites for hydroxylation is 1. The first-order valence-electron chi connectivity index (χ1n) is 9.59. The zero-order chi connectivity index (χ0) is 21.2. The summed E-state index contributed by atoms with van der Waals surface area (Å²) in [6.45, 7) is 11.6. The van der Waals surface area contributed by atoms with Crippen molar-refractivity contribution in [2.45, 2.75) is 57.6 Å². The van der Waals surface area contributed by atoms with Gasteiger partial charge in [0, 0.05) is 22.7 Å². The van der Waals surface area contributed by atoms with E-state index in [9.17, 15) is 8.42 Å². The maximum atomic E-state index is 13.5. The Morgan fingerprint density at radius 1 is 0.966 bits per heavy atom. The van der Waals surface area contributed by atoms with E-state index in [0.717, 1.165) is 5.56 Å². The second-order valence-corrected chi connectivity index (χ2v) is 10.3. The van der Waals surface area contributed by atoms with E-state index in [1.54, 1.807) is 43.5 Å². The maximum Gasteiger partial charge on any atom is 0.497 e. The zero-order valence-corrected chi connectivity index (χ0v) is 18.4. The fourth-order valence-electron chi connectivity index (χ4n) is 3.60. The molecule has 0 amide bonds. The molecule has 0 spiro atoms. The van der Waals surface area contributed by atoms with Gasteiger partial charge in [-0.25, -0.2) is 17.4 Å². The van der Waals surface area contributed by atoms with Crippen LogP contribution in [0.4, 0.5) is 0 Å². The van der Waals surface area contributed by atoms with Crippen molar-refractivity contribution in [3.8, 4) is 0 Å². The zero-order valence-electron chi connectivity index (χ0n) is 17.6. The molecule has 1 aromatic carbocycles. The summed E-state index contributed by atoms with van der Waals surface area (Å²) in [5.41, 5.74) is 1.54. The van der Waals surface area contributed by atoms with Crippen LogP contribution in [0.25, 0.3) is 11.0 Å². The molecule has 1 aliphatic heterocycles. The van der Waals surface area contributed by atoms with Crippen LogP contribution in [-0.2, 0) is 19.3 Å². The van der Waals surface area contributed by atoms with E-state index in [2.05, 4.69) is 4.98 Å². The third kappa shape index (κ3) is 3.01. The number of nitrogens with zero attached hydrogens (tertiary/aromatic N) is 2. The Morgan fingerprint density at radius 3 is 2.14 bits per heavy atom. The molecule has 2 aromatic heterocycles. The van der Waals surface area contributed by atoms with Crippen molar-refractivity contribution >= 4 is 33.6 Å². The molecule has 3 heterocycles. The van der Waals surface area contributed by atoms with Gasteiger partial charge in [-0.3, -0.25) is 0 Å². The SMILES string of the molecule is Cc1ccc(S(=O)(=O)n2c(C)c(B3OC(C)(C)C(C)(C)O3)c3cccnc32)cc1. The Bertz CT molecular complexity index is 1180. The van der Waals surface area contributed by atoms with E-state index in [-0.39, 0.29) is 4.90 Å². The van der Waals surface area contributed by atoms with Gasteiger partial charge >= 0.3 is 7.12 Å². The van der Waals surface area contributed by atoms with E-state index >= 15 is 0 Å². The molecule has 29 heavy (non-hydrogen) atoms. The van der Waals surface area contributed by atoms with Gasteiger partial charge in [0.2, 0.25) is 0 Å². The number of aromatic nitrogens is 2. The summed E-state index contributed by atoms with van der Waals surface area (Å²) >= 11 is 0. The van der Waals surface area contributed by atoms with Crippen molar-refractivity contribution in [3.05, 3.63) is 53.9 Å². The fourth-order valence-corrected chi connectivity index (χ4v) is 5.12. The quantitative estimate of drug-likeness (QED) is 0.618. The molecule has 1 aliphatic rings. The minimum atomic E-state index is -3.84. The molecule has 3 aromatic rings. The molecule has 4 rings (SSSR count). The molecule has 1 fully saturated rings. The largest absolute Gasteiger partial charge is 0.497 e. The predicted octanol–water partition coefficient (Wildman–Crippen LogP) is 3.19. The van der Waals surface area contributed by atoms with Crippen LogP contribution in [0.15, 0.2) is 47.5 Å². The minimum absolute atomic E-state index is 0.217. The van der Waals surface area contributed by atoms with Gasteiger partial charge in [0.15, 0.2) is 5.65 Å². The summed E-state index contributed by atoms with van der Waals surface area (Å²) in [5, 5.41) is 0.708. The molecular weight excluding hydrogens is 387 g/mol. The van der Waals surface area contributed by atoms with Gasteiger partial charge < -0.3 is 9.31 Å². The van der Waals surface area contributed by atoms with E-state index in [1.165, 1.54) is 3.97 Å². The van der Waals surface area contributed by atoms with Gasteiger partial charge in [0.25, 0.3) is 10.0 Å². The summed E-state index contributed by atoms with van der Waals surface area (Å²) in [7, 11) is -4.52. The smallest absolute Gasteiger partial charge is 0.399 e. The first-order chi connectivity index (χ1) is 13.5. The summed E-state index contributed by atoms with van der Waals surface area (Å²) in [6.07, 6.45) is 1.59. The van der Waals surface area contributed by atoms with Crippen LogP contribution in [-0.4, -0.2) is 35.7 Å². The molecule has 0 atom stereocenters. The van der Waals surface area contributed by atoms with Gasteiger partial charge in [-0.15, -0.1) is 0 Å². The standard InChI is InChI=1S/C21H25BN2O4S/c1-14-9-11-16(12-10-14)29(25,26)24-15(2)18(17-8-7-13-23-19(17)24)22-27-20(3,4)21(5,6)28-22/h7-13H,1-6H3. The van der Waals surface area contributed by atoms with Crippen molar-refractivity contribution in [1.29, 1.82) is 0 Å². The molecule has 152 valence electrons. The number of pyridine rings is 1. The fraction of sp³-hybridized carbons (Fsp3) is 0.381. The van der Waals surface area contributed by atoms with Crippen LogP contribution >= 0.6 is 0 Å². The van der Waals surface area contributed by atoms with Gasteiger partial charge in [0.05, 0.1) is 16.1 Å². The highest BCUT2D eigenvalue weighted by Crippen LogP contribution is 2.38. The minimum Gasteiger partial charge on any atom is -0.399 e. The molecular formula is C21H25BN2O4S. The van der Waals surface area contributed by atoms with Crippen molar-refractivity contribution in [2.75, 3.05) is 0 Å². The van der Waals surface area contributed by atoms with Gasteiger partial charge in [-0.2, -0.15) is 0 Å². The van der Waals surface area contributed by atoms with Crippen LogP contribution in [0, 0.1) is 13.8 Å². The lowest BCUT2D eigenvalue weighted by Gasteiger charge is -2.32. The number of fused-ring (bicyclic) bond motifs is 1. The second-order valence-electron chi connectivity index (χ2n) is 8.54. The lowest BCUT2D eigenvalue weighted by Crippen LogP contribution is -2.41. The van der Waals surface area contributed by atoms with Crippen LogP contribution in [0.1, 0.15) is 39.0 Å². The van der Waals surface area contributed by atoms with Crippen molar-refractivity contribution in [3.63, 3.8) is 0 Å². The van der Waals surface area contributed by atoms with Crippen molar-refractivity contribution < 1.29 is 17.7 Å². The summed E-state index contributed by atoms with van der Waals surface area (Å²) in [5.74, 6) is 0. The third-order valence-corrected chi connectivity index (χ3v) is 7.81. The first kappa shape index (κ1) is 20.1. The Balaban J connectivity index is 1.95. The molecule has 8 heteroatoms. The highest BCUT2D eigenvalue weighted by atomic mass is 32.2. The Morgan fingerprint density at radius 2 is 1.55 bits per heavy atom. The highest BCUT2D eigenvalue weighted by Gasteiger charge is 2.53. The number of rotatable bonds is 3. The predicted molar refractivity (Wildman–Crippen MR) is 114 cm³/mol. The third-order valence-electron chi connectivity index (χ3n) is 6.01. The number of benzene rings is 1. The first-order valence-corrected chi connectivity index (χ1v) is 11.0. The number of hydrogen-bond donors (Lipinski definition) is 0. The second kappa shape index (κ2) is 6.42. The van der Waals surface area contributed by atoms with Gasteiger partial charge in [0.1, 0.15) is 0 Å². The number of hydrogen-bond acceptors (Lipinski definition) is 5. The lowest BCUT2D eigenvalue weighted by molar-refractivity contribution is 0.00578.